The summed E-state index contributed by atoms with van der Waals surface area (Å²) in [6.45, 7) is 0. The maximum absolute atomic E-state index is 5.34. The number of oxazole rings is 1. The Morgan fingerprint density at radius 3 is 2.82 bits per heavy atom. The van der Waals surface area contributed by atoms with Crippen molar-refractivity contribution < 1.29 is 9.15 Å². The van der Waals surface area contributed by atoms with Gasteiger partial charge < -0.3 is 9.15 Å². The van der Waals surface area contributed by atoms with E-state index in [1.54, 1.807) is 19.5 Å². The van der Waals surface area contributed by atoms with Crippen LogP contribution in [0.5, 0.6) is 5.88 Å². The molecule has 0 amide bonds. The van der Waals surface area contributed by atoms with Crippen LogP contribution in [-0.2, 0) is 0 Å². The molecule has 2 aromatic heterocycles. The number of pyridine rings is 1. The molecule has 4 heteroatoms. The fraction of sp³-hybridized carbons (Fsp3) is 0.0769. The molecule has 17 heavy (non-hydrogen) atoms. The lowest BCUT2D eigenvalue weighted by atomic mass is 10.1. The highest BCUT2D eigenvalue weighted by atomic mass is 16.5. The topological polar surface area (TPSA) is 48.2 Å². The van der Waals surface area contributed by atoms with E-state index < -0.39 is 0 Å². The van der Waals surface area contributed by atoms with Gasteiger partial charge in [0.25, 0.3) is 0 Å². The smallest absolute Gasteiger partial charge is 0.232 e. The van der Waals surface area contributed by atoms with Crippen LogP contribution in [0.1, 0.15) is 0 Å². The van der Waals surface area contributed by atoms with Crippen molar-refractivity contribution in [3.63, 3.8) is 0 Å². The predicted octanol–water partition coefficient (Wildman–Crippen LogP) is 2.90. The molecule has 4 nitrogen and oxygen atoms in total. The Kier molecular flexibility index (Phi) is 2.26. The summed E-state index contributed by atoms with van der Waals surface area (Å²) >= 11 is 0. The van der Waals surface area contributed by atoms with Gasteiger partial charge in [0.15, 0.2) is 0 Å². The highest BCUT2D eigenvalue weighted by molar-refractivity contribution is 5.96. The first-order valence-electron chi connectivity index (χ1n) is 5.22. The molecule has 84 valence electrons. The van der Waals surface area contributed by atoms with E-state index in [-0.39, 0.29) is 0 Å². The maximum Gasteiger partial charge on any atom is 0.232 e. The standard InChI is InChI=1S/C13H10N2O2/c1-16-12-11(13-14-6-7-17-13)10-5-3-2-4-9(10)8-15-12/h2-8H,1H3. The van der Waals surface area contributed by atoms with E-state index in [4.69, 9.17) is 9.15 Å². The highest BCUT2D eigenvalue weighted by Gasteiger charge is 2.15. The molecule has 0 atom stereocenters. The van der Waals surface area contributed by atoms with E-state index >= 15 is 0 Å². The fourth-order valence-electron chi connectivity index (χ4n) is 1.85. The third-order valence-corrected chi connectivity index (χ3v) is 2.60. The van der Waals surface area contributed by atoms with Gasteiger partial charge in [-0.05, 0) is 0 Å². The summed E-state index contributed by atoms with van der Waals surface area (Å²) < 4.78 is 10.6. The van der Waals surface area contributed by atoms with Gasteiger partial charge >= 0.3 is 0 Å². The van der Waals surface area contributed by atoms with Gasteiger partial charge in [-0.2, -0.15) is 0 Å². The average Bonchev–Trinajstić information content (AvgIpc) is 2.91. The molecule has 3 rings (SSSR count). The normalized spacial score (nSPS) is 10.6. The van der Waals surface area contributed by atoms with Crippen molar-refractivity contribution in [3.05, 3.63) is 42.9 Å². The van der Waals surface area contributed by atoms with Gasteiger partial charge in [-0.25, -0.2) is 9.97 Å². The summed E-state index contributed by atoms with van der Waals surface area (Å²) in [7, 11) is 1.59. The van der Waals surface area contributed by atoms with Crippen molar-refractivity contribution in [3.8, 4) is 17.3 Å². The van der Waals surface area contributed by atoms with Crippen LogP contribution in [0.3, 0.4) is 0 Å². The zero-order valence-electron chi connectivity index (χ0n) is 9.25. The summed E-state index contributed by atoms with van der Waals surface area (Å²) in [6.07, 6.45) is 4.92. The van der Waals surface area contributed by atoms with Crippen LogP contribution >= 0.6 is 0 Å². The lowest BCUT2D eigenvalue weighted by Crippen LogP contribution is -1.93. The van der Waals surface area contributed by atoms with E-state index in [9.17, 15) is 0 Å². The van der Waals surface area contributed by atoms with Gasteiger partial charge in [-0.15, -0.1) is 0 Å². The molecule has 0 aliphatic rings. The molecule has 2 heterocycles. The SMILES string of the molecule is COc1ncc2ccccc2c1-c1ncco1. The van der Waals surface area contributed by atoms with E-state index in [1.807, 2.05) is 24.3 Å². The van der Waals surface area contributed by atoms with Crippen LogP contribution in [0.2, 0.25) is 0 Å². The first kappa shape index (κ1) is 9.84. The van der Waals surface area contributed by atoms with Crippen LogP contribution in [-0.4, -0.2) is 17.1 Å². The number of ether oxygens (including phenoxy) is 1. The first-order chi connectivity index (χ1) is 8.40. The lowest BCUT2D eigenvalue weighted by Gasteiger charge is -2.07. The minimum absolute atomic E-state index is 0.520. The lowest BCUT2D eigenvalue weighted by molar-refractivity contribution is 0.398. The van der Waals surface area contributed by atoms with E-state index in [0.29, 0.717) is 11.8 Å². The quantitative estimate of drug-likeness (QED) is 0.674. The molecule has 0 saturated carbocycles. The largest absolute Gasteiger partial charge is 0.480 e. The molecular formula is C13H10N2O2. The molecular weight excluding hydrogens is 216 g/mol. The van der Waals surface area contributed by atoms with Crippen molar-refractivity contribution in [2.45, 2.75) is 0 Å². The number of hydrogen-bond donors (Lipinski definition) is 0. The average molecular weight is 226 g/mol. The van der Waals surface area contributed by atoms with Crippen LogP contribution in [0.25, 0.3) is 22.2 Å². The number of methoxy groups -OCH3 is 1. The third-order valence-electron chi connectivity index (χ3n) is 2.60. The van der Waals surface area contributed by atoms with E-state index in [0.717, 1.165) is 16.3 Å². The van der Waals surface area contributed by atoms with Gasteiger partial charge in [0.1, 0.15) is 11.8 Å². The zero-order valence-corrected chi connectivity index (χ0v) is 9.25. The van der Waals surface area contributed by atoms with Gasteiger partial charge in [-0.1, -0.05) is 24.3 Å². The molecule has 1 aromatic carbocycles. The number of hydrogen-bond acceptors (Lipinski definition) is 4. The Morgan fingerprint density at radius 2 is 2.06 bits per heavy atom. The van der Waals surface area contributed by atoms with Gasteiger partial charge in [0, 0.05) is 17.0 Å². The number of benzene rings is 1. The Hall–Kier alpha value is -2.36. The number of nitrogens with zero attached hydrogens (tertiary/aromatic N) is 2. The number of rotatable bonds is 2. The summed E-state index contributed by atoms with van der Waals surface area (Å²) in [5, 5.41) is 2.04. The maximum atomic E-state index is 5.34. The van der Waals surface area contributed by atoms with Crippen molar-refractivity contribution in [1.82, 2.24) is 9.97 Å². The van der Waals surface area contributed by atoms with Crippen LogP contribution in [0.4, 0.5) is 0 Å². The third kappa shape index (κ3) is 1.54. The fourth-order valence-corrected chi connectivity index (χ4v) is 1.85. The molecule has 0 bridgehead atoms. The Bertz CT molecular complexity index is 648. The summed E-state index contributed by atoms with van der Waals surface area (Å²) in [5.74, 6) is 1.04. The monoisotopic (exact) mass is 226 g/mol. The Balaban J connectivity index is 2.39. The number of fused-ring (bicyclic) bond motifs is 1. The van der Waals surface area contributed by atoms with Gasteiger partial charge in [-0.3, -0.25) is 0 Å². The molecule has 0 aliphatic carbocycles. The minimum Gasteiger partial charge on any atom is -0.480 e. The molecule has 0 fully saturated rings. The van der Waals surface area contributed by atoms with Crippen molar-refractivity contribution >= 4 is 10.8 Å². The summed E-state index contributed by atoms with van der Waals surface area (Å²) in [5.41, 5.74) is 0.788. The second-order valence-electron chi connectivity index (χ2n) is 3.57. The van der Waals surface area contributed by atoms with E-state index in [1.165, 1.54) is 6.26 Å². The molecule has 0 aliphatic heterocycles. The van der Waals surface area contributed by atoms with Crippen molar-refractivity contribution in [2.75, 3.05) is 7.11 Å². The van der Waals surface area contributed by atoms with Crippen LogP contribution < -0.4 is 4.74 Å². The second kappa shape index (κ2) is 3.90. The molecule has 0 saturated heterocycles. The Morgan fingerprint density at radius 1 is 1.18 bits per heavy atom. The highest BCUT2D eigenvalue weighted by Crippen LogP contribution is 2.33. The van der Waals surface area contributed by atoms with Crippen molar-refractivity contribution in [2.24, 2.45) is 0 Å². The zero-order chi connectivity index (χ0) is 11.7. The van der Waals surface area contributed by atoms with Gasteiger partial charge in [0.2, 0.25) is 11.8 Å². The van der Waals surface area contributed by atoms with Crippen LogP contribution in [0, 0.1) is 0 Å². The van der Waals surface area contributed by atoms with Gasteiger partial charge in [0.05, 0.1) is 13.3 Å². The van der Waals surface area contributed by atoms with E-state index in [2.05, 4.69) is 9.97 Å². The predicted molar refractivity (Wildman–Crippen MR) is 63.8 cm³/mol. The van der Waals surface area contributed by atoms with Crippen molar-refractivity contribution in [1.29, 1.82) is 0 Å². The number of aromatic nitrogens is 2. The first-order valence-corrected chi connectivity index (χ1v) is 5.22. The molecule has 0 spiro atoms. The minimum atomic E-state index is 0.520. The summed E-state index contributed by atoms with van der Waals surface area (Å²) in [4.78, 5) is 8.42. The summed E-state index contributed by atoms with van der Waals surface area (Å²) in [6, 6.07) is 7.93. The molecule has 0 N–H and O–H groups in total. The molecule has 0 unspecified atom stereocenters. The molecule has 3 aromatic rings. The molecule has 0 radical (unpaired) electrons. The Labute approximate surface area is 97.9 Å². The van der Waals surface area contributed by atoms with Crippen LogP contribution in [0.15, 0.2) is 47.3 Å². The second-order valence-corrected chi connectivity index (χ2v) is 3.57.